The number of ether oxygens (including phenoxy) is 1. The molecule has 0 fully saturated rings. The second-order valence-corrected chi connectivity index (χ2v) is 8.22. The number of aromatic hydroxyl groups is 1. The number of allylic oxidation sites excluding steroid dienone is 1. The lowest BCUT2D eigenvalue weighted by molar-refractivity contribution is -0.384. The summed E-state index contributed by atoms with van der Waals surface area (Å²) < 4.78 is 6.87. The van der Waals surface area contributed by atoms with Gasteiger partial charge in [0.05, 0.1) is 33.4 Å². The number of hydrogen-bond acceptors (Lipinski definition) is 8. The molecule has 2 aromatic carbocycles. The number of nitrogens with zero attached hydrogens (tertiary/aromatic N) is 3. The summed E-state index contributed by atoms with van der Waals surface area (Å²) in [5.74, 6) is -0.757. The largest absolute Gasteiger partial charge is 0.507 e. The van der Waals surface area contributed by atoms with Crippen LogP contribution in [0.1, 0.15) is 31.0 Å². The number of esters is 1. The Morgan fingerprint density at radius 1 is 1.30 bits per heavy atom. The molecule has 33 heavy (non-hydrogen) atoms. The maximum atomic E-state index is 13.5. The van der Waals surface area contributed by atoms with Gasteiger partial charge in [-0.25, -0.2) is 9.79 Å². The summed E-state index contributed by atoms with van der Waals surface area (Å²) in [5, 5.41) is 21.3. The van der Waals surface area contributed by atoms with Crippen LogP contribution in [0.2, 0.25) is 0 Å². The molecular weight excluding hydrogens is 446 g/mol. The number of hydrogen-bond donors (Lipinski definition) is 1. The molecule has 0 radical (unpaired) electrons. The van der Waals surface area contributed by atoms with Crippen molar-refractivity contribution in [2.24, 2.45) is 4.99 Å². The molecule has 1 aliphatic heterocycles. The third-order valence-corrected chi connectivity index (χ3v) is 6.12. The summed E-state index contributed by atoms with van der Waals surface area (Å²) in [5.41, 5.74) is 0.892. The smallest absolute Gasteiger partial charge is 0.338 e. The van der Waals surface area contributed by atoms with Crippen LogP contribution in [0.15, 0.2) is 69.6 Å². The summed E-state index contributed by atoms with van der Waals surface area (Å²) in [7, 11) is 0. The number of phenols is 1. The van der Waals surface area contributed by atoms with E-state index in [4.69, 9.17) is 4.74 Å². The van der Waals surface area contributed by atoms with Gasteiger partial charge in [0.25, 0.3) is 11.2 Å². The molecule has 0 saturated heterocycles. The van der Waals surface area contributed by atoms with Gasteiger partial charge in [-0.1, -0.05) is 41.7 Å². The van der Waals surface area contributed by atoms with Gasteiger partial charge in [0.15, 0.2) is 4.80 Å². The minimum Gasteiger partial charge on any atom is -0.507 e. The van der Waals surface area contributed by atoms with Crippen molar-refractivity contribution < 1.29 is 19.6 Å². The number of nitro benzene ring substituents is 1. The van der Waals surface area contributed by atoms with Gasteiger partial charge in [0, 0.05) is 17.7 Å². The highest BCUT2D eigenvalue weighted by Crippen LogP contribution is 2.30. The molecule has 0 amide bonds. The van der Waals surface area contributed by atoms with Gasteiger partial charge in [-0.3, -0.25) is 19.5 Å². The van der Waals surface area contributed by atoms with Crippen LogP contribution in [-0.2, 0) is 9.53 Å². The molecule has 3 aromatic rings. The number of nitro groups is 1. The molecule has 1 atom stereocenters. The minimum atomic E-state index is -0.748. The highest BCUT2D eigenvalue weighted by atomic mass is 32.1. The van der Waals surface area contributed by atoms with E-state index in [1.165, 1.54) is 28.8 Å². The first-order valence-electron chi connectivity index (χ1n) is 10.0. The molecule has 0 saturated carbocycles. The lowest BCUT2D eigenvalue weighted by atomic mass is 9.96. The lowest BCUT2D eigenvalue weighted by Gasteiger charge is -2.24. The van der Waals surface area contributed by atoms with Crippen molar-refractivity contribution >= 4 is 29.1 Å². The lowest BCUT2D eigenvalue weighted by Crippen LogP contribution is -2.39. The SMILES string of the molecule is CCOC(=O)C1=C(C)N=c2s/c(=C\c3cc([N+](=O)[O-])ccc3O)c(=O)n2[C@@H]1c1ccccc1. The van der Waals surface area contributed by atoms with Crippen molar-refractivity contribution in [2.45, 2.75) is 19.9 Å². The van der Waals surface area contributed by atoms with Crippen molar-refractivity contribution in [3.8, 4) is 5.75 Å². The van der Waals surface area contributed by atoms with E-state index in [1.54, 1.807) is 13.8 Å². The van der Waals surface area contributed by atoms with Crippen molar-refractivity contribution in [2.75, 3.05) is 6.61 Å². The Bertz CT molecular complexity index is 1470. The predicted molar refractivity (Wildman–Crippen MR) is 122 cm³/mol. The zero-order valence-corrected chi connectivity index (χ0v) is 18.5. The van der Waals surface area contributed by atoms with Crippen molar-refractivity contribution in [1.82, 2.24) is 4.57 Å². The number of thiazole rings is 1. The van der Waals surface area contributed by atoms with Gasteiger partial charge < -0.3 is 9.84 Å². The van der Waals surface area contributed by atoms with Crippen LogP contribution in [0, 0.1) is 10.1 Å². The molecule has 10 heteroatoms. The first kappa shape index (κ1) is 22.2. The van der Waals surface area contributed by atoms with Crippen molar-refractivity contribution in [3.63, 3.8) is 0 Å². The second kappa shape index (κ2) is 8.83. The average Bonchev–Trinajstić information content (AvgIpc) is 3.09. The Labute approximate surface area is 191 Å². The maximum absolute atomic E-state index is 13.5. The summed E-state index contributed by atoms with van der Waals surface area (Å²) in [4.78, 5) is 41.6. The quantitative estimate of drug-likeness (QED) is 0.351. The molecular formula is C23H19N3O6S. The van der Waals surface area contributed by atoms with Gasteiger partial charge in [-0.05, 0) is 31.6 Å². The second-order valence-electron chi connectivity index (χ2n) is 7.21. The van der Waals surface area contributed by atoms with Crippen LogP contribution in [-0.4, -0.2) is 27.2 Å². The summed E-state index contributed by atoms with van der Waals surface area (Å²) >= 11 is 1.07. The van der Waals surface area contributed by atoms with E-state index >= 15 is 0 Å². The molecule has 1 aliphatic rings. The van der Waals surface area contributed by atoms with E-state index in [-0.39, 0.29) is 33.7 Å². The molecule has 0 aliphatic carbocycles. The standard InChI is InChI=1S/C23H19N3O6S/c1-3-32-22(29)19-13(2)24-23-25(20(19)14-7-5-4-6-8-14)21(28)18(33-23)12-15-11-16(26(30)31)9-10-17(15)27/h4-12,20,27H,3H2,1-2H3/b18-12-/t20-/m1/s1. The maximum Gasteiger partial charge on any atom is 0.338 e. The molecule has 9 nitrogen and oxygen atoms in total. The molecule has 0 unspecified atom stereocenters. The number of aromatic nitrogens is 1. The molecule has 2 heterocycles. The Balaban J connectivity index is 1.96. The molecule has 0 spiro atoms. The number of carbonyl (C=O) groups is 1. The zero-order chi connectivity index (χ0) is 23.7. The fourth-order valence-corrected chi connectivity index (χ4v) is 4.69. The molecule has 0 bridgehead atoms. The van der Waals surface area contributed by atoms with E-state index in [0.29, 0.717) is 16.1 Å². The Morgan fingerprint density at radius 3 is 2.70 bits per heavy atom. The normalized spacial score (nSPS) is 15.7. The fourth-order valence-electron chi connectivity index (χ4n) is 3.65. The Hall–Kier alpha value is -4.05. The van der Waals surface area contributed by atoms with E-state index in [0.717, 1.165) is 11.3 Å². The highest BCUT2D eigenvalue weighted by molar-refractivity contribution is 7.07. The number of carbonyl (C=O) groups excluding carboxylic acids is 1. The van der Waals surface area contributed by atoms with Crippen LogP contribution >= 0.6 is 11.3 Å². The van der Waals surface area contributed by atoms with Crippen LogP contribution in [0.4, 0.5) is 5.69 Å². The van der Waals surface area contributed by atoms with Gasteiger partial charge in [-0.2, -0.15) is 0 Å². The number of fused-ring (bicyclic) bond motifs is 1. The highest BCUT2D eigenvalue weighted by Gasteiger charge is 2.33. The van der Waals surface area contributed by atoms with E-state index < -0.39 is 22.5 Å². The van der Waals surface area contributed by atoms with Gasteiger partial charge in [0.2, 0.25) is 0 Å². The van der Waals surface area contributed by atoms with Crippen LogP contribution in [0.3, 0.4) is 0 Å². The van der Waals surface area contributed by atoms with E-state index in [1.807, 2.05) is 30.3 Å². The third kappa shape index (κ3) is 4.08. The first-order valence-corrected chi connectivity index (χ1v) is 10.9. The van der Waals surface area contributed by atoms with E-state index in [2.05, 4.69) is 4.99 Å². The topological polar surface area (TPSA) is 124 Å². The third-order valence-electron chi connectivity index (χ3n) is 5.14. The number of phenolic OH excluding ortho intramolecular Hbond substituents is 1. The molecule has 168 valence electrons. The fraction of sp³-hybridized carbons (Fsp3) is 0.174. The molecule has 4 rings (SSSR count). The van der Waals surface area contributed by atoms with Gasteiger partial charge >= 0.3 is 5.97 Å². The van der Waals surface area contributed by atoms with Gasteiger partial charge in [-0.15, -0.1) is 0 Å². The number of benzene rings is 2. The molecule has 1 N–H and O–H groups in total. The summed E-state index contributed by atoms with van der Waals surface area (Å²) in [6, 6.07) is 11.9. The van der Waals surface area contributed by atoms with E-state index in [9.17, 15) is 24.8 Å². The zero-order valence-electron chi connectivity index (χ0n) is 17.7. The summed E-state index contributed by atoms with van der Waals surface area (Å²) in [6.45, 7) is 3.56. The molecule has 1 aromatic heterocycles. The monoisotopic (exact) mass is 465 g/mol. The van der Waals surface area contributed by atoms with Crippen LogP contribution in [0.25, 0.3) is 6.08 Å². The predicted octanol–water partition coefficient (Wildman–Crippen LogP) is 2.41. The number of rotatable bonds is 5. The Kier molecular flexibility index (Phi) is 5.93. The average molecular weight is 465 g/mol. The van der Waals surface area contributed by atoms with Crippen LogP contribution in [0.5, 0.6) is 5.75 Å². The minimum absolute atomic E-state index is 0.132. The first-order chi connectivity index (χ1) is 15.8. The Morgan fingerprint density at radius 2 is 2.03 bits per heavy atom. The van der Waals surface area contributed by atoms with Crippen molar-refractivity contribution in [1.29, 1.82) is 0 Å². The summed E-state index contributed by atoms with van der Waals surface area (Å²) in [6.07, 6.45) is 1.39. The van der Waals surface area contributed by atoms with Crippen molar-refractivity contribution in [3.05, 3.63) is 101 Å². The number of non-ortho nitro benzene ring substituents is 1. The van der Waals surface area contributed by atoms with Crippen LogP contribution < -0.4 is 14.9 Å². The van der Waals surface area contributed by atoms with Gasteiger partial charge in [0.1, 0.15) is 5.75 Å².